The Labute approximate surface area is 207 Å². The number of hydrogen-bond acceptors (Lipinski definition) is 5. The SMILES string of the molecule is CCCCCCCCCCc1cc(C(=O)O)c(NC(=O)OCCCCOCc2ccccc2)s1. The van der Waals surface area contributed by atoms with Crippen molar-refractivity contribution < 1.29 is 24.2 Å². The van der Waals surface area contributed by atoms with Crippen molar-refractivity contribution in [3.05, 3.63) is 52.4 Å². The first-order valence-electron chi connectivity index (χ1n) is 12.5. The second-order valence-electron chi connectivity index (χ2n) is 8.49. The van der Waals surface area contributed by atoms with E-state index in [9.17, 15) is 14.7 Å². The first-order chi connectivity index (χ1) is 16.6. The topological polar surface area (TPSA) is 84.9 Å². The van der Waals surface area contributed by atoms with Crippen LogP contribution in [0.4, 0.5) is 9.80 Å². The number of ether oxygens (including phenoxy) is 2. The van der Waals surface area contributed by atoms with Gasteiger partial charge in [0.05, 0.1) is 18.8 Å². The van der Waals surface area contributed by atoms with Crippen molar-refractivity contribution in [3.63, 3.8) is 0 Å². The first kappa shape index (κ1) is 27.9. The van der Waals surface area contributed by atoms with E-state index in [0.29, 0.717) is 24.6 Å². The van der Waals surface area contributed by atoms with Gasteiger partial charge in [0.15, 0.2) is 0 Å². The molecule has 2 rings (SSSR count). The van der Waals surface area contributed by atoms with Crippen molar-refractivity contribution in [1.82, 2.24) is 0 Å². The molecular formula is C27H39NO5S. The number of carboxylic acids is 1. The summed E-state index contributed by atoms with van der Waals surface area (Å²) in [6, 6.07) is 11.6. The highest BCUT2D eigenvalue weighted by Crippen LogP contribution is 2.30. The number of carbonyl (C=O) groups excluding carboxylic acids is 1. The van der Waals surface area contributed by atoms with Crippen LogP contribution in [0.15, 0.2) is 36.4 Å². The van der Waals surface area contributed by atoms with Crippen LogP contribution < -0.4 is 5.32 Å². The molecule has 0 aliphatic heterocycles. The second-order valence-corrected chi connectivity index (χ2v) is 9.63. The third-order valence-electron chi connectivity index (χ3n) is 5.53. The number of thiophene rings is 1. The second kappa shape index (κ2) is 17.1. The molecule has 0 saturated carbocycles. The van der Waals surface area contributed by atoms with E-state index in [2.05, 4.69) is 12.2 Å². The summed E-state index contributed by atoms with van der Waals surface area (Å²) in [6.45, 7) is 3.65. The molecule has 7 heteroatoms. The summed E-state index contributed by atoms with van der Waals surface area (Å²) < 4.78 is 10.8. The van der Waals surface area contributed by atoms with Gasteiger partial charge in [0, 0.05) is 11.5 Å². The minimum Gasteiger partial charge on any atom is -0.478 e. The van der Waals surface area contributed by atoms with E-state index in [1.807, 2.05) is 30.3 Å². The Morgan fingerprint density at radius 2 is 1.59 bits per heavy atom. The third-order valence-corrected chi connectivity index (χ3v) is 6.64. The Morgan fingerprint density at radius 3 is 2.29 bits per heavy atom. The summed E-state index contributed by atoms with van der Waals surface area (Å²) in [5, 5.41) is 12.4. The number of aromatic carboxylic acids is 1. The van der Waals surface area contributed by atoms with Crippen LogP contribution in [0.2, 0.25) is 0 Å². The van der Waals surface area contributed by atoms with Gasteiger partial charge in [-0.2, -0.15) is 0 Å². The lowest BCUT2D eigenvalue weighted by Gasteiger charge is -2.07. The summed E-state index contributed by atoms with van der Waals surface area (Å²) in [5.41, 5.74) is 1.26. The zero-order valence-corrected chi connectivity index (χ0v) is 21.2. The zero-order valence-electron chi connectivity index (χ0n) is 20.4. The number of carboxylic acid groups (broad SMARTS) is 1. The van der Waals surface area contributed by atoms with Crippen molar-refractivity contribution in [2.24, 2.45) is 0 Å². The van der Waals surface area contributed by atoms with E-state index in [-0.39, 0.29) is 12.2 Å². The number of carbonyl (C=O) groups is 2. The lowest BCUT2D eigenvalue weighted by Crippen LogP contribution is -2.15. The maximum atomic E-state index is 12.1. The van der Waals surface area contributed by atoms with Gasteiger partial charge in [0.25, 0.3) is 0 Å². The molecular weight excluding hydrogens is 450 g/mol. The van der Waals surface area contributed by atoms with Gasteiger partial charge < -0.3 is 14.6 Å². The van der Waals surface area contributed by atoms with Crippen LogP contribution in [-0.2, 0) is 22.5 Å². The number of rotatable bonds is 18. The lowest BCUT2D eigenvalue weighted by atomic mass is 10.1. The molecule has 0 fully saturated rings. The standard InChI is InChI=1S/C27H39NO5S/c1-2-3-4-5-6-7-8-12-17-23-20-24(26(29)30)25(34-23)28-27(31)33-19-14-13-18-32-21-22-15-10-9-11-16-22/h9-11,15-16,20H,2-8,12-14,17-19,21H2,1H3,(H,28,31)(H,29,30). The van der Waals surface area contributed by atoms with Crippen LogP contribution in [0.1, 0.15) is 91.9 Å². The van der Waals surface area contributed by atoms with Gasteiger partial charge >= 0.3 is 12.1 Å². The fraction of sp³-hybridized carbons (Fsp3) is 0.556. The van der Waals surface area contributed by atoms with Crippen LogP contribution in [-0.4, -0.2) is 30.4 Å². The minimum atomic E-state index is -1.04. The Morgan fingerprint density at radius 1 is 0.912 bits per heavy atom. The molecule has 34 heavy (non-hydrogen) atoms. The largest absolute Gasteiger partial charge is 0.478 e. The maximum Gasteiger partial charge on any atom is 0.412 e. The molecule has 0 unspecified atom stereocenters. The number of anilines is 1. The van der Waals surface area contributed by atoms with Gasteiger partial charge in [0.2, 0.25) is 0 Å². The fourth-order valence-electron chi connectivity index (χ4n) is 3.61. The van der Waals surface area contributed by atoms with Crippen LogP contribution in [0.5, 0.6) is 0 Å². The number of amides is 1. The van der Waals surface area contributed by atoms with Gasteiger partial charge in [-0.1, -0.05) is 82.2 Å². The van der Waals surface area contributed by atoms with Crippen molar-refractivity contribution in [1.29, 1.82) is 0 Å². The number of aryl methyl sites for hydroxylation is 1. The minimum absolute atomic E-state index is 0.130. The highest BCUT2D eigenvalue weighted by molar-refractivity contribution is 7.16. The van der Waals surface area contributed by atoms with Crippen LogP contribution in [0.3, 0.4) is 0 Å². The molecule has 0 radical (unpaired) electrons. The van der Waals surface area contributed by atoms with E-state index in [0.717, 1.165) is 36.1 Å². The molecule has 0 aliphatic rings. The highest BCUT2D eigenvalue weighted by Gasteiger charge is 2.17. The molecule has 1 heterocycles. The fourth-order valence-corrected chi connectivity index (χ4v) is 4.69. The Kier molecular flexibility index (Phi) is 14.0. The van der Waals surface area contributed by atoms with Gasteiger partial charge in [-0.15, -0.1) is 11.3 Å². The molecule has 1 aromatic carbocycles. The van der Waals surface area contributed by atoms with Crippen LogP contribution in [0.25, 0.3) is 0 Å². The molecule has 0 aliphatic carbocycles. The van der Waals surface area contributed by atoms with E-state index in [4.69, 9.17) is 9.47 Å². The van der Waals surface area contributed by atoms with E-state index >= 15 is 0 Å². The summed E-state index contributed by atoms with van der Waals surface area (Å²) in [7, 11) is 0. The quantitative estimate of drug-likeness (QED) is 0.210. The molecule has 0 spiro atoms. The molecule has 0 bridgehead atoms. The highest BCUT2D eigenvalue weighted by atomic mass is 32.1. The van der Waals surface area contributed by atoms with E-state index in [1.54, 1.807) is 6.07 Å². The van der Waals surface area contributed by atoms with Crippen molar-refractivity contribution >= 4 is 28.4 Å². The van der Waals surface area contributed by atoms with Gasteiger partial charge in [0.1, 0.15) is 5.00 Å². The number of benzene rings is 1. The van der Waals surface area contributed by atoms with Crippen molar-refractivity contribution in [2.75, 3.05) is 18.5 Å². The molecule has 2 N–H and O–H groups in total. The van der Waals surface area contributed by atoms with E-state index < -0.39 is 12.1 Å². The van der Waals surface area contributed by atoms with Crippen molar-refractivity contribution in [2.45, 2.75) is 84.2 Å². The third kappa shape index (κ3) is 11.7. The molecule has 1 amide bonds. The Bertz CT molecular complexity index is 837. The Balaban J connectivity index is 1.61. The normalized spacial score (nSPS) is 10.9. The Hall–Kier alpha value is -2.38. The summed E-state index contributed by atoms with van der Waals surface area (Å²) in [5.74, 6) is -1.04. The summed E-state index contributed by atoms with van der Waals surface area (Å²) in [6.07, 6.45) is 11.5. The summed E-state index contributed by atoms with van der Waals surface area (Å²) in [4.78, 5) is 24.7. The van der Waals surface area contributed by atoms with Gasteiger partial charge in [-0.05, 0) is 37.3 Å². The average molecular weight is 490 g/mol. The molecule has 2 aromatic rings. The lowest BCUT2D eigenvalue weighted by molar-refractivity contribution is 0.0698. The molecule has 0 atom stereocenters. The zero-order chi connectivity index (χ0) is 24.4. The molecule has 6 nitrogen and oxygen atoms in total. The van der Waals surface area contributed by atoms with Crippen molar-refractivity contribution in [3.8, 4) is 0 Å². The van der Waals surface area contributed by atoms with Crippen LogP contribution >= 0.6 is 11.3 Å². The monoisotopic (exact) mass is 489 g/mol. The molecule has 0 saturated heterocycles. The number of unbranched alkanes of at least 4 members (excludes halogenated alkanes) is 8. The average Bonchev–Trinajstić information content (AvgIpc) is 3.23. The smallest absolute Gasteiger partial charge is 0.412 e. The van der Waals surface area contributed by atoms with Crippen LogP contribution in [0, 0.1) is 0 Å². The molecule has 188 valence electrons. The maximum absolute atomic E-state index is 12.1. The summed E-state index contributed by atoms with van der Waals surface area (Å²) >= 11 is 1.33. The first-order valence-corrected chi connectivity index (χ1v) is 13.3. The predicted molar refractivity (Wildman–Crippen MR) is 138 cm³/mol. The van der Waals surface area contributed by atoms with E-state index in [1.165, 1.54) is 49.9 Å². The molecule has 1 aromatic heterocycles. The number of nitrogens with one attached hydrogen (secondary N) is 1. The predicted octanol–water partition coefficient (Wildman–Crippen LogP) is 7.68. The van der Waals surface area contributed by atoms with Gasteiger partial charge in [-0.25, -0.2) is 9.59 Å². The van der Waals surface area contributed by atoms with Gasteiger partial charge in [-0.3, -0.25) is 5.32 Å². The number of hydrogen-bond donors (Lipinski definition) is 2.